The van der Waals surface area contributed by atoms with E-state index in [1.54, 1.807) is 12.1 Å². The van der Waals surface area contributed by atoms with Crippen LogP contribution >= 0.6 is 34.5 Å². The van der Waals surface area contributed by atoms with E-state index in [1.807, 2.05) is 17.5 Å². The molecule has 6 nitrogen and oxygen atoms in total. The summed E-state index contributed by atoms with van der Waals surface area (Å²) in [6.45, 7) is -0.0119. The highest BCUT2D eigenvalue weighted by Gasteiger charge is 2.22. The molecule has 3 aromatic rings. The highest BCUT2D eigenvalue weighted by atomic mass is 35.5. The summed E-state index contributed by atoms with van der Waals surface area (Å²) in [6, 6.07) is 8.48. The lowest BCUT2D eigenvalue weighted by atomic mass is 10.2. The molecule has 0 fully saturated rings. The SMILES string of the molecule is CN(Cc1nc(-c2cccs2)no1)S(=O)(=O)Cc1ccc(Cl)c(Cl)c1. The number of hydrogen-bond donors (Lipinski definition) is 0. The average molecular weight is 418 g/mol. The van der Waals surface area contributed by atoms with Crippen molar-refractivity contribution >= 4 is 44.6 Å². The number of benzene rings is 1. The van der Waals surface area contributed by atoms with Crippen molar-refractivity contribution in [1.29, 1.82) is 0 Å². The van der Waals surface area contributed by atoms with Crippen LogP contribution < -0.4 is 0 Å². The Morgan fingerprint density at radius 2 is 2.04 bits per heavy atom. The molecule has 132 valence electrons. The first-order valence-electron chi connectivity index (χ1n) is 7.09. The molecule has 3 rings (SSSR count). The number of hydrogen-bond acceptors (Lipinski definition) is 6. The van der Waals surface area contributed by atoms with Gasteiger partial charge in [0, 0.05) is 7.05 Å². The summed E-state index contributed by atoms with van der Waals surface area (Å²) >= 11 is 13.3. The van der Waals surface area contributed by atoms with Gasteiger partial charge in [0.15, 0.2) is 0 Å². The van der Waals surface area contributed by atoms with Gasteiger partial charge in [0.25, 0.3) is 0 Å². The van der Waals surface area contributed by atoms with Crippen LogP contribution in [0.15, 0.2) is 40.2 Å². The van der Waals surface area contributed by atoms with Crippen molar-refractivity contribution in [3.05, 3.63) is 57.2 Å². The maximum absolute atomic E-state index is 12.5. The second kappa shape index (κ2) is 7.43. The van der Waals surface area contributed by atoms with Crippen LogP contribution in [0.2, 0.25) is 10.0 Å². The van der Waals surface area contributed by atoms with E-state index in [9.17, 15) is 8.42 Å². The first-order chi connectivity index (χ1) is 11.8. The van der Waals surface area contributed by atoms with E-state index < -0.39 is 10.0 Å². The van der Waals surface area contributed by atoms with E-state index in [2.05, 4.69) is 10.1 Å². The average Bonchev–Trinajstić information content (AvgIpc) is 3.21. The predicted molar refractivity (Wildman–Crippen MR) is 98.2 cm³/mol. The standard InChI is InChI=1S/C15H13Cl2N3O3S2/c1-20(8-14-18-15(19-23-14)13-3-2-6-24-13)25(21,22)9-10-4-5-11(16)12(17)7-10/h2-7H,8-9H2,1H3. The van der Waals surface area contributed by atoms with Crippen LogP contribution in [-0.2, 0) is 22.3 Å². The lowest BCUT2D eigenvalue weighted by Crippen LogP contribution is -2.27. The molecule has 2 aromatic heterocycles. The number of nitrogens with zero attached hydrogens (tertiary/aromatic N) is 3. The number of halogens is 2. The summed E-state index contributed by atoms with van der Waals surface area (Å²) in [5.41, 5.74) is 0.547. The Bertz CT molecular complexity index is 972. The molecule has 0 amide bonds. The number of thiophene rings is 1. The smallest absolute Gasteiger partial charge is 0.242 e. The third-order valence-corrected chi connectivity index (χ3v) is 6.76. The molecule has 0 unspecified atom stereocenters. The summed E-state index contributed by atoms with van der Waals surface area (Å²) in [7, 11) is -2.12. The van der Waals surface area contributed by atoms with Crippen LogP contribution in [0.1, 0.15) is 11.5 Å². The molecule has 0 aliphatic rings. The monoisotopic (exact) mass is 417 g/mol. The maximum Gasteiger partial charge on any atom is 0.242 e. The Morgan fingerprint density at radius 3 is 2.72 bits per heavy atom. The fourth-order valence-corrected chi connectivity index (χ4v) is 4.16. The Morgan fingerprint density at radius 1 is 1.24 bits per heavy atom. The predicted octanol–water partition coefficient (Wildman–Crippen LogP) is 4.07. The molecule has 0 spiro atoms. The van der Waals surface area contributed by atoms with Gasteiger partial charge in [-0.25, -0.2) is 8.42 Å². The lowest BCUT2D eigenvalue weighted by molar-refractivity contribution is 0.336. The molecule has 1 aromatic carbocycles. The molecule has 0 aliphatic heterocycles. The lowest BCUT2D eigenvalue weighted by Gasteiger charge is -2.15. The molecule has 0 atom stereocenters. The maximum atomic E-state index is 12.5. The van der Waals surface area contributed by atoms with Crippen molar-refractivity contribution in [2.75, 3.05) is 7.05 Å². The van der Waals surface area contributed by atoms with Crippen molar-refractivity contribution in [3.63, 3.8) is 0 Å². The van der Waals surface area contributed by atoms with Crippen LogP contribution in [0.4, 0.5) is 0 Å². The van der Waals surface area contributed by atoms with Gasteiger partial charge in [-0.05, 0) is 29.1 Å². The number of sulfonamides is 1. The van der Waals surface area contributed by atoms with Crippen molar-refractivity contribution in [1.82, 2.24) is 14.4 Å². The Labute approximate surface area is 159 Å². The van der Waals surface area contributed by atoms with Crippen molar-refractivity contribution in [3.8, 4) is 10.7 Å². The molecule has 0 radical (unpaired) electrons. The summed E-state index contributed by atoms with van der Waals surface area (Å²) < 4.78 is 31.3. The molecule has 0 saturated carbocycles. The van der Waals surface area contributed by atoms with E-state index in [1.165, 1.54) is 28.8 Å². The normalized spacial score (nSPS) is 12.0. The molecule has 0 N–H and O–H groups in total. The summed E-state index contributed by atoms with van der Waals surface area (Å²) in [5.74, 6) is 0.468. The van der Waals surface area contributed by atoms with Gasteiger partial charge in [0.05, 0.1) is 27.2 Å². The second-order valence-corrected chi connectivity index (χ2v) is 9.09. The summed E-state index contributed by atoms with van der Waals surface area (Å²) in [4.78, 5) is 5.08. The molecule has 0 bridgehead atoms. The number of aromatic nitrogens is 2. The van der Waals surface area contributed by atoms with Crippen LogP contribution in [0.5, 0.6) is 0 Å². The zero-order valence-corrected chi connectivity index (χ0v) is 16.2. The minimum absolute atomic E-state index is 0.0119. The van der Waals surface area contributed by atoms with Crippen LogP contribution in [-0.4, -0.2) is 29.9 Å². The molecular weight excluding hydrogens is 405 g/mol. The third kappa shape index (κ3) is 4.39. The fraction of sp³-hybridized carbons (Fsp3) is 0.200. The molecule has 2 heterocycles. The zero-order valence-electron chi connectivity index (χ0n) is 13.0. The minimum Gasteiger partial charge on any atom is -0.337 e. The fourth-order valence-electron chi connectivity index (χ4n) is 2.06. The molecular formula is C15H13Cl2N3O3S2. The van der Waals surface area contributed by atoms with Gasteiger partial charge in [-0.15, -0.1) is 11.3 Å². The first kappa shape index (κ1) is 18.3. The van der Waals surface area contributed by atoms with Gasteiger partial charge in [0.1, 0.15) is 0 Å². The first-order valence-corrected chi connectivity index (χ1v) is 10.3. The van der Waals surface area contributed by atoms with Crippen LogP contribution in [0.3, 0.4) is 0 Å². The van der Waals surface area contributed by atoms with E-state index in [-0.39, 0.29) is 18.2 Å². The quantitative estimate of drug-likeness (QED) is 0.603. The van der Waals surface area contributed by atoms with Gasteiger partial charge in [-0.3, -0.25) is 0 Å². The van der Waals surface area contributed by atoms with Gasteiger partial charge in [-0.1, -0.05) is 40.5 Å². The Hall–Kier alpha value is -1.45. The van der Waals surface area contributed by atoms with Gasteiger partial charge in [0.2, 0.25) is 21.7 Å². The van der Waals surface area contributed by atoms with Crippen LogP contribution in [0.25, 0.3) is 10.7 Å². The Kier molecular flexibility index (Phi) is 5.45. The van der Waals surface area contributed by atoms with Gasteiger partial charge < -0.3 is 4.52 Å². The van der Waals surface area contributed by atoms with Crippen molar-refractivity contribution < 1.29 is 12.9 Å². The number of rotatable bonds is 6. The molecule has 25 heavy (non-hydrogen) atoms. The highest BCUT2D eigenvalue weighted by Crippen LogP contribution is 2.25. The molecule has 10 heteroatoms. The highest BCUT2D eigenvalue weighted by molar-refractivity contribution is 7.88. The van der Waals surface area contributed by atoms with Crippen molar-refractivity contribution in [2.45, 2.75) is 12.3 Å². The van der Waals surface area contributed by atoms with E-state index in [0.29, 0.717) is 21.4 Å². The van der Waals surface area contributed by atoms with Gasteiger partial charge >= 0.3 is 0 Å². The van der Waals surface area contributed by atoms with E-state index in [0.717, 1.165) is 4.88 Å². The molecule has 0 aliphatic carbocycles. The largest absolute Gasteiger partial charge is 0.337 e. The van der Waals surface area contributed by atoms with E-state index >= 15 is 0 Å². The van der Waals surface area contributed by atoms with Crippen molar-refractivity contribution in [2.24, 2.45) is 0 Å². The van der Waals surface area contributed by atoms with Gasteiger partial charge in [-0.2, -0.15) is 9.29 Å². The topological polar surface area (TPSA) is 76.3 Å². The minimum atomic E-state index is -3.58. The molecule has 0 saturated heterocycles. The van der Waals surface area contributed by atoms with E-state index in [4.69, 9.17) is 27.7 Å². The second-order valence-electron chi connectivity index (χ2n) is 5.25. The zero-order chi connectivity index (χ0) is 18.0. The summed E-state index contributed by atoms with van der Waals surface area (Å²) in [6.07, 6.45) is 0. The summed E-state index contributed by atoms with van der Waals surface area (Å²) in [5, 5.41) is 6.46. The Balaban J connectivity index is 1.71. The van der Waals surface area contributed by atoms with Crippen LogP contribution in [0, 0.1) is 0 Å². The third-order valence-electron chi connectivity index (χ3n) is 3.38.